The van der Waals surface area contributed by atoms with Crippen molar-refractivity contribution in [1.29, 1.82) is 0 Å². The number of rotatable bonds is 2. The van der Waals surface area contributed by atoms with Gasteiger partial charge in [0.15, 0.2) is 0 Å². The Labute approximate surface area is 121 Å². The van der Waals surface area contributed by atoms with Crippen LogP contribution >= 0.6 is 0 Å². The standard InChI is InChI=1S/C16H13BO2/c18-17(19)16-11-4-3-9-15(16)14-10-5-7-12-6-1-2-8-13(12)14/h1-11,18-19H/i1D,2D,5D,6D,7D,8D,10D. The zero-order chi connectivity index (χ0) is 19.3. The van der Waals surface area contributed by atoms with Gasteiger partial charge in [-0.25, -0.2) is 0 Å². The summed E-state index contributed by atoms with van der Waals surface area (Å²) in [6, 6.07) is 2.67. The number of hydrogen-bond donors (Lipinski definition) is 2. The van der Waals surface area contributed by atoms with Crippen molar-refractivity contribution in [1.82, 2.24) is 0 Å². The maximum atomic E-state index is 9.63. The maximum Gasteiger partial charge on any atom is 0.489 e. The van der Waals surface area contributed by atoms with E-state index in [-0.39, 0.29) is 27.4 Å². The van der Waals surface area contributed by atoms with Crippen LogP contribution in [0.15, 0.2) is 66.6 Å². The van der Waals surface area contributed by atoms with E-state index in [1.165, 1.54) is 12.1 Å². The van der Waals surface area contributed by atoms with Crippen LogP contribution in [-0.4, -0.2) is 17.2 Å². The monoisotopic (exact) mass is 255 g/mol. The number of benzene rings is 3. The van der Waals surface area contributed by atoms with Crippen LogP contribution in [0.25, 0.3) is 21.9 Å². The van der Waals surface area contributed by atoms with Crippen molar-refractivity contribution >= 4 is 23.4 Å². The minimum absolute atomic E-state index is 0.0308. The fourth-order valence-electron chi connectivity index (χ4n) is 1.96. The van der Waals surface area contributed by atoms with Gasteiger partial charge in [-0.2, -0.15) is 0 Å². The molecule has 2 N–H and O–H groups in total. The molecule has 0 spiro atoms. The van der Waals surface area contributed by atoms with E-state index in [0.717, 1.165) is 0 Å². The average molecular weight is 255 g/mol. The Kier molecular flexibility index (Phi) is 1.64. The first-order chi connectivity index (χ1) is 12.2. The molecular formula is C16H13BO2. The molecule has 0 unspecified atom stereocenters. The summed E-state index contributed by atoms with van der Waals surface area (Å²) in [7, 11) is -1.87. The summed E-state index contributed by atoms with van der Waals surface area (Å²) in [5.74, 6) is 0. The van der Waals surface area contributed by atoms with Crippen LogP contribution < -0.4 is 5.46 Å². The third-order valence-electron chi connectivity index (χ3n) is 2.82. The third kappa shape index (κ3) is 2.14. The van der Waals surface area contributed by atoms with Crippen molar-refractivity contribution in [2.75, 3.05) is 0 Å². The van der Waals surface area contributed by atoms with E-state index in [1.54, 1.807) is 12.1 Å². The van der Waals surface area contributed by atoms with Gasteiger partial charge in [-0.3, -0.25) is 0 Å². The first-order valence-corrected chi connectivity index (χ1v) is 5.63. The van der Waals surface area contributed by atoms with Crippen LogP contribution in [-0.2, 0) is 0 Å². The van der Waals surface area contributed by atoms with Gasteiger partial charge in [-0.15, -0.1) is 0 Å². The molecule has 3 aromatic rings. The van der Waals surface area contributed by atoms with Crippen molar-refractivity contribution in [3.05, 3.63) is 66.6 Å². The van der Waals surface area contributed by atoms with Crippen LogP contribution in [0.2, 0.25) is 0 Å². The highest BCUT2D eigenvalue weighted by Crippen LogP contribution is 2.27. The molecule has 2 nitrogen and oxygen atoms in total. The predicted octanol–water partition coefficient (Wildman–Crippen LogP) is 2.19. The van der Waals surface area contributed by atoms with Gasteiger partial charge < -0.3 is 10.0 Å². The van der Waals surface area contributed by atoms with Crippen LogP contribution in [0, 0.1) is 0 Å². The predicted molar refractivity (Wildman–Crippen MR) is 79.2 cm³/mol. The molecule has 0 aromatic heterocycles. The smallest absolute Gasteiger partial charge is 0.423 e. The molecule has 0 aliphatic carbocycles. The Morgan fingerprint density at radius 1 is 0.842 bits per heavy atom. The Morgan fingerprint density at radius 2 is 1.58 bits per heavy atom. The van der Waals surface area contributed by atoms with Gasteiger partial charge in [0.2, 0.25) is 0 Å². The van der Waals surface area contributed by atoms with Gasteiger partial charge in [-0.05, 0) is 27.4 Å². The summed E-state index contributed by atoms with van der Waals surface area (Å²) in [6.45, 7) is 0. The molecule has 92 valence electrons. The topological polar surface area (TPSA) is 40.5 Å². The lowest BCUT2D eigenvalue weighted by molar-refractivity contribution is 0.426. The lowest BCUT2D eigenvalue weighted by Crippen LogP contribution is -2.31. The lowest BCUT2D eigenvalue weighted by Gasteiger charge is -2.11. The number of hydrogen-bond acceptors (Lipinski definition) is 2. The van der Waals surface area contributed by atoms with E-state index in [1.807, 2.05) is 0 Å². The molecule has 0 aliphatic rings. The molecule has 0 amide bonds. The summed E-state index contributed by atoms with van der Waals surface area (Å²) >= 11 is 0. The van der Waals surface area contributed by atoms with Gasteiger partial charge in [0, 0.05) is 0 Å². The first kappa shape index (κ1) is 6.37. The quantitative estimate of drug-likeness (QED) is 0.689. The van der Waals surface area contributed by atoms with E-state index in [4.69, 9.17) is 9.60 Å². The SMILES string of the molecule is [2H]c1c([2H])c([2H])c2c(-c3ccccc3B(O)O)c([2H])c([2H])c([2H])c2c1[2H]. The molecule has 0 saturated carbocycles. The van der Waals surface area contributed by atoms with E-state index in [2.05, 4.69) is 0 Å². The minimum atomic E-state index is -1.87. The first-order valence-electron chi connectivity index (χ1n) is 9.13. The second kappa shape index (κ2) is 4.88. The molecule has 0 aliphatic heterocycles. The molecule has 0 radical (unpaired) electrons. The second-order valence-electron chi connectivity index (χ2n) is 3.96. The zero-order valence-electron chi connectivity index (χ0n) is 16.8. The molecule has 0 bridgehead atoms. The zero-order valence-corrected chi connectivity index (χ0v) is 9.78. The van der Waals surface area contributed by atoms with Crippen molar-refractivity contribution in [3.8, 4) is 11.1 Å². The highest BCUT2D eigenvalue weighted by Gasteiger charge is 2.17. The number of fused-ring (bicyclic) bond motifs is 1. The molecule has 0 fully saturated rings. The van der Waals surface area contributed by atoms with Gasteiger partial charge in [0.25, 0.3) is 0 Å². The van der Waals surface area contributed by atoms with Crippen molar-refractivity contribution < 1.29 is 19.6 Å². The summed E-state index contributed by atoms with van der Waals surface area (Å²) in [6.07, 6.45) is 0. The highest BCUT2D eigenvalue weighted by atomic mass is 16.4. The van der Waals surface area contributed by atoms with Crippen molar-refractivity contribution in [2.24, 2.45) is 0 Å². The van der Waals surface area contributed by atoms with Crippen LogP contribution in [0.1, 0.15) is 9.60 Å². The molecular weight excluding hydrogens is 235 g/mol. The van der Waals surface area contributed by atoms with Gasteiger partial charge in [0.1, 0.15) is 0 Å². The Morgan fingerprint density at radius 3 is 2.42 bits per heavy atom. The van der Waals surface area contributed by atoms with Crippen molar-refractivity contribution in [2.45, 2.75) is 0 Å². The molecule has 0 atom stereocenters. The molecule has 3 rings (SSSR count). The fourth-order valence-corrected chi connectivity index (χ4v) is 1.96. The average Bonchev–Trinajstić information content (AvgIpc) is 2.62. The van der Waals surface area contributed by atoms with Crippen LogP contribution in [0.4, 0.5) is 0 Å². The van der Waals surface area contributed by atoms with Crippen LogP contribution in [0.5, 0.6) is 0 Å². The summed E-state index contributed by atoms with van der Waals surface area (Å²) in [5.41, 5.74) is 0.166. The van der Waals surface area contributed by atoms with Gasteiger partial charge in [-0.1, -0.05) is 66.6 Å². The Hall–Kier alpha value is -2.10. The molecule has 0 heterocycles. The molecule has 3 heteroatoms. The lowest BCUT2D eigenvalue weighted by atomic mass is 9.75. The van der Waals surface area contributed by atoms with E-state index in [0.29, 0.717) is 0 Å². The molecule has 3 aromatic carbocycles. The Bertz CT molecular complexity index is 1040. The summed E-state index contributed by atoms with van der Waals surface area (Å²) in [4.78, 5) is 0. The van der Waals surface area contributed by atoms with Crippen LogP contribution in [0.3, 0.4) is 0 Å². The summed E-state index contributed by atoms with van der Waals surface area (Å²) in [5, 5.41) is 19.0. The minimum Gasteiger partial charge on any atom is -0.423 e. The fraction of sp³-hybridized carbons (Fsp3) is 0. The normalized spacial score (nSPS) is 15.8. The highest BCUT2D eigenvalue weighted by molar-refractivity contribution is 6.60. The van der Waals surface area contributed by atoms with E-state index in [9.17, 15) is 10.0 Å². The van der Waals surface area contributed by atoms with Gasteiger partial charge in [0.05, 0.1) is 9.60 Å². The van der Waals surface area contributed by atoms with E-state index >= 15 is 0 Å². The molecule has 19 heavy (non-hydrogen) atoms. The van der Waals surface area contributed by atoms with Crippen molar-refractivity contribution in [3.63, 3.8) is 0 Å². The maximum absolute atomic E-state index is 9.63. The second-order valence-corrected chi connectivity index (χ2v) is 3.96. The van der Waals surface area contributed by atoms with Gasteiger partial charge >= 0.3 is 7.12 Å². The summed E-state index contributed by atoms with van der Waals surface area (Å²) < 4.78 is 56.4. The molecule has 0 saturated heterocycles. The third-order valence-corrected chi connectivity index (χ3v) is 2.82. The van der Waals surface area contributed by atoms with E-state index < -0.39 is 49.4 Å². The largest absolute Gasteiger partial charge is 0.489 e. The Balaban J connectivity index is 2.64.